The summed E-state index contributed by atoms with van der Waals surface area (Å²) in [6.45, 7) is 1.32. The van der Waals surface area contributed by atoms with Crippen LogP contribution in [0.5, 0.6) is 0 Å². The topological polar surface area (TPSA) is 101 Å². The van der Waals surface area contributed by atoms with E-state index in [0.29, 0.717) is 0 Å². The Labute approximate surface area is 71.0 Å². The third-order valence-electron chi connectivity index (χ3n) is 0.654. The maximum absolute atomic E-state index is 10.6. The summed E-state index contributed by atoms with van der Waals surface area (Å²) in [5.74, 6) is -3.44. The molecule has 78 valence electrons. The van der Waals surface area contributed by atoms with E-state index in [9.17, 15) is 18.0 Å². The fourth-order valence-corrected chi connectivity index (χ4v) is 0. The fourth-order valence-electron chi connectivity index (χ4n) is 0. The van der Waals surface area contributed by atoms with E-state index < -0.39 is 24.2 Å². The van der Waals surface area contributed by atoms with E-state index in [4.69, 9.17) is 15.0 Å². The van der Waals surface area contributed by atoms with Crippen LogP contribution in [0.1, 0.15) is 6.92 Å². The van der Waals surface area contributed by atoms with Gasteiger partial charge in [0.05, 0.1) is 0 Å². The number of halogens is 3. The molecule has 0 aromatic rings. The molecule has 1 atom stereocenters. The van der Waals surface area contributed by atoms with Gasteiger partial charge in [0.15, 0.2) is 0 Å². The number of alkyl halides is 3. The number of nitrogens with two attached hydrogens (primary N) is 1. The van der Waals surface area contributed by atoms with Gasteiger partial charge in [-0.2, -0.15) is 13.2 Å². The smallest absolute Gasteiger partial charge is 0.475 e. The summed E-state index contributed by atoms with van der Waals surface area (Å²) in [4.78, 5) is 18.6. The zero-order chi connectivity index (χ0) is 11.2. The summed E-state index contributed by atoms with van der Waals surface area (Å²) >= 11 is 0. The summed E-state index contributed by atoms with van der Waals surface area (Å²) in [7, 11) is 0. The van der Waals surface area contributed by atoms with Crippen molar-refractivity contribution in [3.05, 3.63) is 0 Å². The highest BCUT2D eigenvalue weighted by Gasteiger charge is 2.38. The van der Waals surface area contributed by atoms with Crippen LogP contribution in [0, 0.1) is 0 Å². The highest BCUT2D eigenvalue weighted by atomic mass is 19.4. The van der Waals surface area contributed by atoms with Gasteiger partial charge in [0.2, 0.25) is 5.91 Å². The number of aliphatic carboxylic acids is 1. The average Bonchev–Trinajstić information content (AvgIpc) is 1.86. The highest BCUT2D eigenvalue weighted by molar-refractivity contribution is 5.77. The number of hydrogen-bond donors (Lipinski definition) is 3. The van der Waals surface area contributed by atoms with E-state index in [1.54, 1.807) is 0 Å². The van der Waals surface area contributed by atoms with Crippen molar-refractivity contribution in [3.63, 3.8) is 0 Å². The summed E-state index contributed by atoms with van der Waals surface area (Å²) in [5, 5.41) is 15.3. The highest BCUT2D eigenvalue weighted by Crippen LogP contribution is 2.13. The molecule has 13 heavy (non-hydrogen) atoms. The number of carboxylic acid groups (broad SMARTS) is 1. The number of hydrogen-bond acceptors (Lipinski definition) is 3. The molecule has 0 spiro atoms. The first-order chi connectivity index (χ1) is 5.59. The van der Waals surface area contributed by atoms with E-state index in [0.717, 1.165) is 0 Å². The third kappa shape index (κ3) is 10.7. The number of carbonyl (C=O) groups is 2. The van der Waals surface area contributed by atoms with Crippen LogP contribution in [0.4, 0.5) is 13.2 Å². The van der Waals surface area contributed by atoms with Crippen molar-refractivity contribution in [1.29, 1.82) is 0 Å². The first-order valence-electron chi connectivity index (χ1n) is 2.86. The number of rotatable bonds is 1. The Morgan fingerprint density at radius 1 is 1.38 bits per heavy atom. The Kier molecular flexibility index (Phi) is 5.86. The normalized spacial score (nSPS) is 12.4. The predicted octanol–water partition coefficient (Wildman–Crippen LogP) is -0.514. The maximum Gasteiger partial charge on any atom is 0.490 e. The summed E-state index contributed by atoms with van der Waals surface area (Å²) < 4.78 is 31.7. The minimum Gasteiger partial charge on any atom is -0.475 e. The molecule has 0 saturated heterocycles. The lowest BCUT2D eigenvalue weighted by Gasteiger charge is -1.93. The van der Waals surface area contributed by atoms with E-state index >= 15 is 0 Å². The van der Waals surface area contributed by atoms with Gasteiger partial charge in [-0.25, -0.2) is 4.79 Å². The number of carbonyl (C=O) groups excluding carboxylic acids is 1. The van der Waals surface area contributed by atoms with Gasteiger partial charge in [0, 0.05) is 0 Å². The molecule has 0 aliphatic rings. The van der Waals surface area contributed by atoms with Crippen LogP contribution < -0.4 is 5.73 Å². The van der Waals surface area contributed by atoms with Crippen LogP contribution in [-0.4, -0.2) is 34.4 Å². The molecule has 0 heterocycles. The van der Waals surface area contributed by atoms with Crippen LogP contribution in [0.3, 0.4) is 0 Å². The number of aliphatic hydroxyl groups is 1. The molecule has 0 aliphatic carbocycles. The van der Waals surface area contributed by atoms with Crippen LogP contribution in [0.25, 0.3) is 0 Å². The molecule has 0 fully saturated rings. The second-order valence-corrected chi connectivity index (χ2v) is 1.88. The summed E-state index contributed by atoms with van der Waals surface area (Å²) in [5.41, 5.74) is 4.55. The Morgan fingerprint density at radius 2 is 1.54 bits per heavy atom. The lowest BCUT2D eigenvalue weighted by molar-refractivity contribution is -0.192. The summed E-state index contributed by atoms with van der Waals surface area (Å²) in [6, 6.07) is 0. The lowest BCUT2D eigenvalue weighted by atomic mass is 10.4. The minimum absolute atomic E-state index is 0.685. The van der Waals surface area contributed by atoms with Gasteiger partial charge >= 0.3 is 12.1 Å². The quantitative estimate of drug-likeness (QED) is 0.534. The molecule has 0 aliphatic heterocycles. The first kappa shape index (κ1) is 14.2. The van der Waals surface area contributed by atoms with E-state index in [2.05, 4.69) is 5.73 Å². The second-order valence-electron chi connectivity index (χ2n) is 1.88. The van der Waals surface area contributed by atoms with Gasteiger partial charge in [-0.3, -0.25) is 4.79 Å². The molecule has 4 N–H and O–H groups in total. The van der Waals surface area contributed by atoms with Gasteiger partial charge in [-0.15, -0.1) is 0 Å². The Balaban J connectivity index is 0. The fraction of sp³-hybridized carbons (Fsp3) is 0.600. The van der Waals surface area contributed by atoms with Crippen molar-refractivity contribution in [3.8, 4) is 0 Å². The second kappa shape index (κ2) is 5.36. The van der Waals surface area contributed by atoms with Crippen molar-refractivity contribution < 1.29 is 33.0 Å². The molecule has 0 aromatic heterocycles. The largest absolute Gasteiger partial charge is 0.490 e. The lowest BCUT2D eigenvalue weighted by Crippen LogP contribution is -2.24. The van der Waals surface area contributed by atoms with Gasteiger partial charge in [0.1, 0.15) is 6.10 Å². The van der Waals surface area contributed by atoms with Crippen molar-refractivity contribution in [2.45, 2.75) is 19.2 Å². The number of aliphatic hydroxyl groups excluding tert-OH is 1. The van der Waals surface area contributed by atoms with Crippen LogP contribution >= 0.6 is 0 Å². The van der Waals surface area contributed by atoms with E-state index in [1.165, 1.54) is 6.92 Å². The van der Waals surface area contributed by atoms with Gasteiger partial charge in [0.25, 0.3) is 0 Å². The van der Waals surface area contributed by atoms with Crippen LogP contribution in [-0.2, 0) is 9.59 Å². The zero-order valence-corrected chi connectivity index (χ0v) is 6.50. The molecule has 0 saturated carbocycles. The SMILES string of the molecule is CC(O)C(N)=O.O=C(O)C(F)(F)F. The molecular formula is C5H8F3NO4. The van der Waals surface area contributed by atoms with Crippen LogP contribution in [0.2, 0.25) is 0 Å². The van der Waals surface area contributed by atoms with Crippen molar-refractivity contribution in [2.24, 2.45) is 5.73 Å². The molecule has 0 radical (unpaired) electrons. The van der Waals surface area contributed by atoms with Crippen molar-refractivity contribution in [1.82, 2.24) is 0 Å². The van der Waals surface area contributed by atoms with Crippen LogP contribution in [0.15, 0.2) is 0 Å². The Hall–Kier alpha value is -1.31. The maximum atomic E-state index is 10.6. The Morgan fingerprint density at radius 3 is 1.54 bits per heavy atom. The number of amides is 1. The zero-order valence-electron chi connectivity index (χ0n) is 6.50. The van der Waals surface area contributed by atoms with E-state index in [1.807, 2.05) is 0 Å². The minimum atomic E-state index is -5.08. The number of primary amides is 1. The average molecular weight is 203 g/mol. The summed E-state index contributed by atoms with van der Waals surface area (Å²) in [6.07, 6.45) is -6.09. The number of carboxylic acids is 1. The first-order valence-corrected chi connectivity index (χ1v) is 2.86. The molecule has 1 amide bonds. The molecule has 0 aromatic carbocycles. The van der Waals surface area contributed by atoms with Crippen molar-refractivity contribution in [2.75, 3.05) is 0 Å². The van der Waals surface area contributed by atoms with Crippen molar-refractivity contribution >= 4 is 11.9 Å². The van der Waals surface area contributed by atoms with Gasteiger partial charge in [-0.1, -0.05) is 0 Å². The third-order valence-corrected chi connectivity index (χ3v) is 0.654. The molecule has 1 unspecified atom stereocenters. The van der Waals surface area contributed by atoms with Gasteiger partial charge in [-0.05, 0) is 6.92 Å². The van der Waals surface area contributed by atoms with E-state index in [-0.39, 0.29) is 0 Å². The monoisotopic (exact) mass is 203 g/mol. The standard InChI is InChI=1S/C3H7NO2.C2HF3O2/c1-2(5)3(4)6;3-2(4,5)1(6)7/h2,5H,1H3,(H2,4,6);(H,6,7). The molecular weight excluding hydrogens is 195 g/mol. The molecule has 8 heteroatoms. The Bertz CT molecular complexity index is 189. The van der Waals surface area contributed by atoms with Gasteiger partial charge < -0.3 is 15.9 Å². The molecule has 5 nitrogen and oxygen atoms in total. The molecule has 0 rings (SSSR count). The predicted molar refractivity (Wildman–Crippen MR) is 34.6 cm³/mol. The molecule has 0 bridgehead atoms.